The van der Waals surface area contributed by atoms with Crippen LogP contribution in [-0.4, -0.2) is 9.97 Å². The smallest absolute Gasteiger partial charge is 0.218 e. The summed E-state index contributed by atoms with van der Waals surface area (Å²) in [6, 6.07) is 6.76. The Balaban J connectivity index is 2.54. The minimum atomic E-state index is 0.0913. The normalized spacial score (nSPS) is 10.5. The van der Waals surface area contributed by atoms with E-state index in [1.807, 2.05) is 0 Å². The van der Waals surface area contributed by atoms with Gasteiger partial charge in [0.05, 0.1) is 15.7 Å². The van der Waals surface area contributed by atoms with E-state index in [4.69, 9.17) is 46.4 Å². The second kappa shape index (κ2) is 4.76. The largest absolute Gasteiger partial charge is 0.224 e. The molecule has 0 amide bonds. The third-order valence-corrected chi connectivity index (χ3v) is 2.98. The second-order valence-electron chi connectivity index (χ2n) is 2.97. The quantitative estimate of drug-likeness (QED) is 0.560. The maximum Gasteiger partial charge on any atom is 0.224 e. The molecule has 1 aromatic carbocycles. The lowest BCUT2D eigenvalue weighted by Crippen LogP contribution is -1.88. The molecule has 2 rings (SSSR count). The number of rotatable bonds is 1. The lowest BCUT2D eigenvalue weighted by atomic mass is 10.1. The van der Waals surface area contributed by atoms with Crippen LogP contribution in [0, 0.1) is 0 Å². The van der Waals surface area contributed by atoms with Gasteiger partial charge < -0.3 is 0 Å². The zero-order valence-corrected chi connectivity index (χ0v) is 10.7. The van der Waals surface area contributed by atoms with E-state index in [-0.39, 0.29) is 10.4 Å². The van der Waals surface area contributed by atoms with Crippen molar-refractivity contribution in [2.75, 3.05) is 0 Å². The Hall–Kier alpha value is -0.540. The molecule has 0 saturated heterocycles. The van der Waals surface area contributed by atoms with Gasteiger partial charge in [-0.05, 0) is 23.7 Å². The first kappa shape index (κ1) is 11.9. The fourth-order valence-corrected chi connectivity index (χ4v) is 1.90. The fourth-order valence-electron chi connectivity index (χ4n) is 1.19. The molecule has 1 aromatic heterocycles. The molecule has 0 spiro atoms. The zero-order chi connectivity index (χ0) is 11.7. The van der Waals surface area contributed by atoms with Gasteiger partial charge in [-0.2, -0.15) is 0 Å². The van der Waals surface area contributed by atoms with Crippen molar-refractivity contribution in [3.63, 3.8) is 0 Å². The lowest BCUT2D eigenvalue weighted by molar-refractivity contribution is 1.17. The summed E-state index contributed by atoms with van der Waals surface area (Å²) in [6.07, 6.45) is 0. The van der Waals surface area contributed by atoms with Crippen LogP contribution in [0.25, 0.3) is 11.3 Å². The average Bonchev–Trinajstić information content (AvgIpc) is 2.20. The Morgan fingerprint density at radius 2 is 1.56 bits per heavy atom. The van der Waals surface area contributed by atoms with Gasteiger partial charge in [-0.25, -0.2) is 9.97 Å². The lowest BCUT2D eigenvalue weighted by Gasteiger charge is -2.03. The molecular formula is C10H4Cl4N2. The first-order valence-electron chi connectivity index (χ1n) is 4.22. The molecular weight excluding hydrogens is 290 g/mol. The van der Waals surface area contributed by atoms with Crippen molar-refractivity contribution in [1.82, 2.24) is 9.97 Å². The Labute approximate surface area is 112 Å². The van der Waals surface area contributed by atoms with Crippen molar-refractivity contribution in [3.8, 4) is 11.3 Å². The van der Waals surface area contributed by atoms with Crippen molar-refractivity contribution in [1.29, 1.82) is 0 Å². The van der Waals surface area contributed by atoms with Crippen molar-refractivity contribution >= 4 is 46.4 Å². The van der Waals surface area contributed by atoms with E-state index in [1.165, 1.54) is 0 Å². The molecule has 2 nitrogen and oxygen atoms in total. The first-order valence-corrected chi connectivity index (χ1v) is 5.73. The summed E-state index contributed by atoms with van der Waals surface area (Å²) in [5.74, 6) is 0. The molecule has 0 unspecified atom stereocenters. The Morgan fingerprint density at radius 1 is 0.812 bits per heavy atom. The highest BCUT2D eigenvalue weighted by Gasteiger charge is 2.06. The van der Waals surface area contributed by atoms with Gasteiger partial charge in [0.1, 0.15) is 5.15 Å². The second-order valence-corrected chi connectivity index (χ2v) is 4.51. The molecule has 0 radical (unpaired) electrons. The minimum absolute atomic E-state index is 0.0913. The highest BCUT2D eigenvalue weighted by Crippen LogP contribution is 2.28. The van der Waals surface area contributed by atoms with Crippen LogP contribution in [0.3, 0.4) is 0 Å². The Kier molecular flexibility index (Phi) is 3.55. The molecule has 0 bridgehead atoms. The Morgan fingerprint density at radius 3 is 2.19 bits per heavy atom. The topological polar surface area (TPSA) is 25.8 Å². The van der Waals surface area contributed by atoms with E-state index in [0.717, 1.165) is 5.56 Å². The van der Waals surface area contributed by atoms with Gasteiger partial charge in [0.2, 0.25) is 5.28 Å². The van der Waals surface area contributed by atoms with Gasteiger partial charge >= 0.3 is 0 Å². The zero-order valence-electron chi connectivity index (χ0n) is 7.72. The van der Waals surface area contributed by atoms with Crippen molar-refractivity contribution < 1.29 is 0 Å². The SMILES string of the molecule is Clc1cc(-c2ccc(Cl)c(Cl)c2)nc(Cl)n1. The third-order valence-electron chi connectivity index (χ3n) is 1.88. The number of nitrogens with zero attached hydrogens (tertiary/aromatic N) is 2. The molecule has 6 heteroatoms. The molecule has 16 heavy (non-hydrogen) atoms. The molecule has 0 saturated carbocycles. The molecule has 0 aliphatic rings. The van der Waals surface area contributed by atoms with Gasteiger partial charge in [-0.3, -0.25) is 0 Å². The van der Waals surface area contributed by atoms with Crippen LogP contribution in [0.1, 0.15) is 0 Å². The molecule has 0 aliphatic carbocycles. The van der Waals surface area contributed by atoms with Gasteiger partial charge in [-0.1, -0.05) is 40.9 Å². The number of aromatic nitrogens is 2. The summed E-state index contributed by atoms with van der Waals surface area (Å²) in [4.78, 5) is 7.80. The van der Waals surface area contributed by atoms with Gasteiger partial charge in [0.25, 0.3) is 0 Å². The average molecular weight is 294 g/mol. The van der Waals surface area contributed by atoms with E-state index < -0.39 is 0 Å². The number of benzene rings is 1. The van der Waals surface area contributed by atoms with Crippen LogP contribution >= 0.6 is 46.4 Å². The van der Waals surface area contributed by atoms with Crippen molar-refractivity contribution in [2.45, 2.75) is 0 Å². The monoisotopic (exact) mass is 292 g/mol. The van der Waals surface area contributed by atoms with E-state index in [2.05, 4.69) is 9.97 Å². The maximum atomic E-state index is 5.90. The van der Waals surface area contributed by atoms with E-state index in [1.54, 1.807) is 24.3 Å². The molecule has 0 aliphatic heterocycles. The van der Waals surface area contributed by atoms with E-state index in [0.29, 0.717) is 15.7 Å². The van der Waals surface area contributed by atoms with Gasteiger partial charge in [0, 0.05) is 11.6 Å². The number of hydrogen-bond donors (Lipinski definition) is 0. The van der Waals surface area contributed by atoms with Gasteiger partial charge in [-0.15, -0.1) is 0 Å². The predicted octanol–water partition coefficient (Wildman–Crippen LogP) is 4.76. The predicted molar refractivity (Wildman–Crippen MR) is 67.5 cm³/mol. The highest BCUT2D eigenvalue weighted by atomic mass is 35.5. The summed E-state index contributed by atoms with van der Waals surface area (Å²) in [6.45, 7) is 0. The molecule has 2 aromatic rings. The summed E-state index contributed by atoms with van der Waals surface area (Å²) >= 11 is 23.2. The van der Waals surface area contributed by atoms with E-state index in [9.17, 15) is 0 Å². The fraction of sp³-hybridized carbons (Fsp3) is 0. The maximum absolute atomic E-state index is 5.90. The molecule has 0 atom stereocenters. The summed E-state index contributed by atoms with van der Waals surface area (Å²) in [7, 11) is 0. The molecule has 0 fully saturated rings. The van der Waals surface area contributed by atoms with Gasteiger partial charge in [0.15, 0.2) is 0 Å². The standard InChI is InChI=1S/C10H4Cl4N2/c11-6-2-1-5(3-7(6)12)8-4-9(13)16-10(14)15-8/h1-4H. The van der Waals surface area contributed by atoms with Crippen LogP contribution in [0.5, 0.6) is 0 Å². The van der Waals surface area contributed by atoms with Crippen LogP contribution < -0.4 is 0 Å². The summed E-state index contributed by atoms with van der Waals surface area (Å²) < 4.78 is 0. The Bertz CT molecular complexity index is 522. The third kappa shape index (κ3) is 2.58. The minimum Gasteiger partial charge on any atom is -0.218 e. The number of hydrogen-bond acceptors (Lipinski definition) is 2. The summed E-state index contributed by atoms with van der Waals surface area (Å²) in [5, 5.41) is 1.30. The van der Waals surface area contributed by atoms with Crippen molar-refractivity contribution in [2.24, 2.45) is 0 Å². The highest BCUT2D eigenvalue weighted by molar-refractivity contribution is 6.42. The van der Waals surface area contributed by atoms with Crippen LogP contribution in [0.4, 0.5) is 0 Å². The van der Waals surface area contributed by atoms with E-state index >= 15 is 0 Å². The molecule has 82 valence electrons. The van der Waals surface area contributed by atoms with Crippen LogP contribution in [-0.2, 0) is 0 Å². The first-order chi connectivity index (χ1) is 7.56. The number of halogens is 4. The molecule has 1 heterocycles. The van der Waals surface area contributed by atoms with Crippen LogP contribution in [0.2, 0.25) is 20.5 Å². The van der Waals surface area contributed by atoms with Crippen molar-refractivity contribution in [3.05, 3.63) is 44.7 Å². The van der Waals surface area contributed by atoms with Crippen LogP contribution in [0.15, 0.2) is 24.3 Å². The summed E-state index contributed by atoms with van der Waals surface area (Å²) in [5.41, 5.74) is 1.38. The molecule has 0 N–H and O–H groups in total.